The van der Waals surface area contributed by atoms with Crippen molar-refractivity contribution in [3.8, 4) is 0 Å². The van der Waals surface area contributed by atoms with Gasteiger partial charge in [0.2, 0.25) is 0 Å². The summed E-state index contributed by atoms with van der Waals surface area (Å²) < 4.78 is 18.9. The van der Waals surface area contributed by atoms with Crippen molar-refractivity contribution < 1.29 is 18.7 Å². The number of esters is 1. The summed E-state index contributed by atoms with van der Waals surface area (Å²) in [5.74, 6) is 0.0853. The number of halogens is 1. The minimum atomic E-state index is -1.39. The molecule has 1 saturated carbocycles. The zero-order valence-electron chi connectivity index (χ0n) is 12.2. The molecule has 1 heterocycles. The molecule has 20 heavy (non-hydrogen) atoms. The molecule has 2 aliphatic rings. The van der Waals surface area contributed by atoms with Gasteiger partial charge in [0.25, 0.3) is 0 Å². The highest BCUT2D eigenvalue weighted by molar-refractivity contribution is 5.93. The molecule has 0 unspecified atom stereocenters. The predicted octanol–water partition coefficient (Wildman–Crippen LogP) is 3.23. The second-order valence-corrected chi connectivity index (χ2v) is 6.06. The first kappa shape index (κ1) is 15.2. The van der Waals surface area contributed by atoms with E-state index in [4.69, 9.17) is 4.74 Å². The standard InChI is InChI=1S/C16H23FO3/c1-3-4-5-13(17)14(18)7-6-11-10(2)8-15-12(11)9-16(19)20-15/h6-7,10-13,15H,3-5,8-9H2,1-2H3/t10-,11+,12-,13-,15+/m1/s1. The summed E-state index contributed by atoms with van der Waals surface area (Å²) in [5.41, 5.74) is 0. The van der Waals surface area contributed by atoms with Crippen LogP contribution in [0.1, 0.15) is 46.0 Å². The van der Waals surface area contributed by atoms with Gasteiger partial charge in [-0.15, -0.1) is 0 Å². The second kappa shape index (κ2) is 6.51. The summed E-state index contributed by atoms with van der Waals surface area (Å²) in [5, 5.41) is 0. The number of fused-ring (bicyclic) bond motifs is 1. The van der Waals surface area contributed by atoms with Gasteiger partial charge in [-0.25, -0.2) is 4.39 Å². The Kier molecular flexibility index (Phi) is 4.95. The maximum Gasteiger partial charge on any atom is 0.306 e. The van der Waals surface area contributed by atoms with Crippen LogP contribution in [0.15, 0.2) is 12.2 Å². The normalized spacial score (nSPS) is 34.2. The predicted molar refractivity (Wildman–Crippen MR) is 73.8 cm³/mol. The minimum Gasteiger partial charge on any atom is -0.462 e. The van der Waals surface area contributed by atoms with E-state index in [1.54, 1.807) is 6.08 Å². The smallest absolute Gasteiger partial charge is 0.306 e. The van der Waals surface area contributed by atoms with Crippen LogP contribution in [0.3, 0.4) is 0 Å². The van der Waals surface area contributed by atoms with Crippen LogP contribution in [0, 0.1) is 17.8 Å². The third-order valence-electron chi connectivity index (χ3n) is 4.52. The molecule has 0 spiro atoms. The maximum atomic E-state index is 13.6. The lowest BCUT2D eigenvalue weighted by atomic mass is 9.88. The summed E-state index contributed by atoms with van der Waals surface area (Å²) in [6.45, 7) is 4.07. The number of hydrogen-bond acceptors (Lipinski definition) is 3. The van der Waals surface area contributed by atoms with E-state index < -0.39 is 12.0 Å². The highest BCUT2D eigenvalue weighted by Crippen LogP contribution is 2.45. The lowest BCUT2D eigenvalue weighted by molar-refractivity contribution is -0.141. The number of unbranched alkanes of at least 4 members (excludes halogenated alkanes) is 1. The van der Waals surface area contributed by atoms with E-state index in [0.29, 0.717) is 18.8 Å². The van der Waals surface area contributed by atoms with Crippen molar-refractivity contribution in [2.45, 2.75) is 58.2 Å². The molecule has 0 aromatic heterocycles. The Balaban J connectivity index is 1.93. The lowest BCUT2D eigenvalue weighted by Gasteiger charge is -2.15. The van der Waals surface area contributed by atoms with E-state index in [1.807, 2.05) is 6.92 Å². The van der Waals surface area contributed by atoms with Crippen LogP contribution in [0.4, 0.5) is 4.39 Å². The van der Waals surface area contributed by atoms with Crippen LogP contribution < -0.4 is 0 Å². The van der Waals surface area contributed by atoms with E-state index in [-0.39, 0.29) is 23.9 Å². The third-order valence-corrected chi connectivity index (χ3v) is 4.52. The number of allylic oxidation sites excluding steroid dienone is 2. The van der Waals surface area contributed by atoms with Crippen molar-refractivity contribution in [3.63, 3.8) is 0 Å². The van der Waals surface area contributed by atoms with Gasteiger partial charge in [0.15, 0.2) is 12.0 Å². The van der Waals surface area contributed by atoms with Crippen molar-refractivity contribution in [2.75, 3.05) is 0 Å². The van der Waals surface area contributed by atoms with Crippen LogP contribution in [0.2, 0.25) is 0 Å². The molecule has 112 valence electrons. The number of alkyl halides is 1. The first-order valence-electron chi connectivity index (χ1n) is 7.58. The first-order chi connectivity index (χ1) is 9.52. The fraction of sp³-hybridized carbons (Fsp3) is 0.750. The number of carbonyl (C=O) groups excluding carboxylic acids is 2. The van der Waals surface area contributed by atoms with Gasteiger partial charge in [-0.3, -0.25) is 9.59 Å². The number of ketones is 1. The molecule has 0 amide bonds. The van der Waals surface area contributed by atoms with Crippen LogP contribution in [0.5, 0.6) is 0 Å². The molecule has 1 aliphatic heterocycles. The van der Waals surface area contributed by atoms with Crippen LogP contribution in [-0.4, -0.2) is 24.0 Å². The monoisotopic (exact) mass is 282 g/mol. The highest BCUT2D eigenvalue weighted by Gasteiger charge is 2.47. The van der Waals surface area contributed by atoms with Crippen molar-refractivity contribution in [1.82, 2.24) is 0 Å². The molecule has 0 bridgehead atoms. The quantitative estimate of drug-likeness (QED) is 0.555. The molecule has 1 aliphatic carbocycles. The van der Waals surface area contributed by atoms with Crippen molar-refractivity contribution >= 4 is 11.8 Å². The number of ether oxygens (including phenoxy) is 1. The number of carbonyl (C=O) groups is 2. The average molecular weight is 282 g/mol. The third kappa shape index (κ3) is 3.28. The Bertz CT molecular complexity index is 405. The van der Waals surface area contributed by atoms with Gasteiger partial charge < -0.3 is 4.74 Å². The van der Waals surface area contributed by atoms with Gasteiger partial charge in [-0.2, -0.15) is 0 Å². The summed E-state index contributed by atoms with van der Waals surface area (Å²) in [6.07, 6.45) is 4.97. The molecule has 3 nitrogen and oxygen atoms in total. The van der Waals surface area contributed by atoms with Gasteiger partial charge in [-0.05, 0) is 30.8 Å². The largest absolute Gasteiger partial charge is 0.462 e. The summed E-state index contributed by atoms with van der Waals surface area (Å²) >= 11 is 0. The average Bonchev–Trinajstić information content (AvgIpc) is 2.88. The van der Waals surface area contributed by atoms with E-state index in [2.05, 4.69) is 6.92 Å². The summed E-state index contributed by atoms with van der Waals surface area (Å²) in [4.78, 5) is 23.0. The molecule has 0 radical (unpaired) electrons. The number of rotatable bonds is 6. The fourth-order valence-electron chi connectivity index (χ4n) is 3.35. The maximum absolute atomic E-state index is 13.6. The number of hydrogen-bond donors (Lipinski definition) is 0. The Morgan fingerprint density at radius 2 is 2.30 bits per heavy atom. The van der Waals surface area contributed by atoms with Crippen LogP contribution in [-0.2, 0) is 14.3 Å². The van der Waals surface area contributed by atoms with E-state index in [1.165, 1.54) is 6.08 Å². The molecule has 2 fully saturated rings. The van der Waals surface area contributed by atoms with Crippen molar-refractivity contribution in [1.29, 1.82) is 0 Å². The van der Waals surface area contributed by atoms with Gasteiger partial charge in [-0.1, -0.05) is 32.8 Å². The lowest BCUT2D eigenvalue weighted by Crippen LogP contribution is -2.16. The Morgan fingerprint density at radius 1 is 1.55 bits per heavy atom. The highest BCUT2D eigenvalue weighted by atomic mass is 19.1. The molecule has 4 heteroatoms. The second-order valence-electron chi connectivity index (χ2n) is 6.06. The minimum absolute atomic E-state index is 0.0106. The Hall–Kier alpha value is -1.19. The van der Waals surface area contributed by atoms with E-state index in [0.717, 1.165) is 19.3 Å². The molecular weight excluding hydrogens is 259 g/mol. The van der Waals surface area contributed by atoms with Crippen LogP contribution >= 0.6 is 0 Å². The molecule has 0 aromatic carbocycles. The van der Waals surface area contributed by atoms with Gasteiger partial charge in [0.1, 0.15) is 6.10 Å². The SMILES string of the molecule is CCCC[C@@H](F)C(=O)C=C[C@@H]1[C@H]2CC(=O)O[C@H]2C[C@H]1C. The summed E-state index contributed by atoms with van der Waals surface area (Å²) in [6, 6.07) is 0. The fourth-order valence-corrected chi connectivity index (χ4v) is 3.35. The Labute approximate surface area is 119 Å². The van der Waals surface area contributed by atoms with Gasteiger partial charge in [0, 0.05) is 5.92 Å². The summed E-state index contributed by atoms with van der Waals surface area (Å²) in [7, 11) is 0. The zero-order valence-corrected chi connectivity index (χ0v) is 12.2. The molecule has 2 rings (SSSR count). The molecule has 5 atom stereocenters. The van der Waals surface area contributed by atoms with Crippen molar-refractivity contribution in [3.05, 3.63) is 12.2 Å². The van der Waals surface area contributed by atoms with Gasteiger partial charge in [0.05, 0.1) is 6.42 Å². The topological polar surface area (TPSA) is 43.4 Å². The molecule has 0 aromatic rings. The molecule has 0 N–H and O–H groups in total. The van der Waals surface area contributed by atoms with E-state index >= 15 is 0 Å². The first-order valence-corrected chi connectivity index (χ1v) is 7.58. The van der Waals surface area contributed by atoms with E-state index in [9.17, 15) is 14.0 Å². The molecule has 1 saturated heterocycles. The van der Waals surface area contributed by atoms with Gasteiger partial charge >= 0.3 is 5.97 Å². The Morgan fingerprint density at radius 3 is 3.00 bits per heavy atom. The molecular formula is C16H23FO3. The van der Waals surface area contributed by atoms with Crippen molar-refractivity contribution in [2.24, 2.45) is 17.8 Å². The van der Waals surface area contributed by atoms with Crippen LogP contribution in [0.25, 0.3) is 0 Å². The zero-order chi connectivity index (χ0) is 14.7.